The topological polar surface area (TPSA) is 379 Å². The molecule has 2 saturated heterocycles. The minimum atomic E-state index is -3.14. The number of benzene rings is 8. The number of sulfone groups is 1. The van der Waals surface area contributed by atoms with Crippen LogP contribution in [0.5, 0.6) is 0 Å². The predicted molar refractivity (Wildman–Crippen MR) is 466 cm³/mol. The van der Waals surface area contributed by atoms with Crippen molar-refractivity contribution in [2.24, 2.45) is 0 Å². The molecule has 0 amide bonds. The number of thioether (sulfide) groups is 2. The van der Waals surface area contributed by atoms with E-state index in [-0.39, 0.29) is 97.0 Å². The quantitative estimate of drug-likeness (QED) is 0.0270. The van der Waals surface area contributed by atoms with Crippen LogP contribution in [-0.2, 0) is 112 Å². The van der Waals surface area contributed by atoms with Crippen molar-refractivity contribution < 1.29 is 140 Å². The Hall–Kier alpha value is -11.1. The van der Waals surface area contributed by atoms with Gasteiger partial charge in [-0.1, -0.05) is 244 Å². The fraction of sp³-hybridized carbons (Fsp3) is 0.253. The number of nitrogens with one attached hydrogen (secondary N) is 2. The van der Waals surface area contributed by atoms with E-state index in [2.05, 4.69) is 206 Å². The van der Waals surface area contributed by atoms with Crippen LogP contribution in [0.1, 0.15) is 146 Å². The van der Waals surface area contributed by atoms with Gasteiger partial charge in [-0.05, 0) is 175 Å². The van der Waals surface area contributed by atoms with Gasteiger partial charge in [0.05, 0.1) is 23.4 Å². The molecule has 21 rings (SSSR count). The van der Waals surface area contributed by atoms with Crippen molar-refractivity contribution in [2.75, 3.05) is 13.2 Å². The monoisotopic (exact) mass is 1780 g/mol. The van der Waals surface area contributed by atoms with Crippen LogP contribution in [0.25, 0.3) is 21.8 Å². The van der Waals surface area contributed by atoms with Crippen LogP contribution in [0.15, 0.2) is 306 Å². The Morgan fingerprint density at radius 2 is 0.756 bits per heavy atom. The Kier molecular flexibility index (Phi) is 52.9. The SMILES string of the molecule is C.C1=CC2Sc3ccccc3C2C=C1.C1=CC2Sc3ccccc3C2C=C1.O=C(O)OO.O=C1CCCO1.O=C1CCCO1.O=C1CCCc2ccccc21.O=C=O.O=C=O.O=C=O.O=O.O=S1(=O)c2ccccc2C2C=CC=CC21.OO.[H-].[Mn].[Na+].c1ccc2[nH]ccc2c1.c1ccc2[nH]ccc2c1.c1ccc2c(c1)CCCC2.c1ccc2c(c1)CCCC2. The van der Waals surface area contributed by atoms with E-state index in [0.29, 0.717) is 59.1 Å². The third-order valence-electron chi connectivity index (χ3n) is 19.5. The number of esters is 2. The van der Waals surface area contributed by atoms with Gasteiger partial charge in [0, 0.05) is 113 Å². The minimum absolute atomic E-state index is 0. The van der Waals surface area contributed by atoms with Crippen LogP contribution in [0.3, 0.4) is 0 Å². The van der Waals surface area contributed by atoms with E-state index in [0.717, 1.165) is 43.2 Å². The van der Waals surface area contributed by atoms with Gasteiger partial charge >= 0.3 is 66.1 Å². The number of hydrogen-bond donors (Lipinski definition) is 6. The fourth-order valence-electron chi connectivity index (χ4n) is 14.2. The summed E-state index contributed by atoms with van der Waals surface area (Å²) in [5, 5.41) is 29.7. The zero-order valence-electron chi connectivity index (χ0n) is 68.0. The third kappa shape index (κ3) is 35.0. The third-order valence-corrected chi connectivity index (χ3v) is 24.4. The van der Waals surface area contributed by atoms with Gasteiger partial charge in [0.15, 0.2) is 15.6 Å². The number of cyclic esters (lactones) is 2. The van der Waals surface area contributed by atoms with Crippen molar-refractivity contribution in [3.05, 3.63) is 352 Å². The molecular weight excluding hydrogens is 1680 g/mol. The molecule has 0 spiro atoms. The average Bonchev–Trinajstić information content (AvgIpc) is 1.59. The van der Waals surface area contributed by atoms with E-state index in [1.807, 2.05) is 115 Å². The van der Waals surface area contributed by atoms with Crippen LogP contribution < -0.4 is 29.6 Å². The second-order valence-electron chi connectivity index (χ2n) is 26.9. The number of H-pyrrole nitrogens is 2. The van der Waals surface area contributed by atoms with Gasteiger partial charge in [-0.2, -0.15) is 34.0 Å². The second-order valence-corrected chi connectivity index (χ2v) is 31.5. The number of rotatable bonds is 0. The summed E-state index contributed by atoms with van der Waals surface area (Å²) in [5.41, 5.74) is 14.8. The van der Waals surface area contributed by atoms with Gasteiger partial charge < -0.3 is 26.0 Å². The maximum Gasteiger partial charge on any atom is 1.00 e. The Labute approximate surface area is 757 Å². The molecule has 8 aromatic carbocycles. The van der Waals surface area contributed by atoms with Crippen molar-refractivity contribution in [2.45, 2.75) is 152 Å². The van der Waals surface area contributed by atoms with Gasteiger partial charge in [-0.3, -0.25) is 29.8 Å². The Bertz CT molecular complexity index is 4930. The van der Waals surface area contributed by atoms with Crippen LogP contribution in [0.2, 0.25) is 0 Å². The Morgan fingerprint density at radius 1 is 0.423 bits per heavy atom. The molecule has 5 aliphatic heterocycles. The molecule has 0 saturated carbocycles. The number of carbonyl (C=O) groups is 4. The first-order chi connectivity index (χ1) is 58.7. The molecule has 641 valence electrons. The van der Waals surface area contributed by atoms with E-state index in [4.69, 9.17) is 64.4 Å². The number of aromatic nitrogens is 2. The number of allylic oxidation sites excluding steroid dienone is 9. The summed E-state index contributed by atoms with van der Waals surface area (Å²) in [6.45, 7) is 1.28. The molecule has 0 bridgehead atoms. The molecule has 11 aliphatic rings. The standard InChI is InChI=1S/C12H10O2S.2C12H10S.C10H10O.2C10H12.2C8H7N.2C4H6O2.CH2O4.3CO2.CH4.Mn.Na.H2O2.O2.H/c13-15(14)11-7-3-1-5-9(11)10-6-2-4-8-12(10)15;2*1-3-7-11-9(5-1)10-6-2-4-8-12(10)13-11;11-10-7-3-5-8-4-1-2-6-9(8)10;2*1-2-6-10-8-4-3-7-9(10)5-1;2*1-2-4-8-7(3-1)5-6-9-8;2*5-4-2-1-3-6-4;2-1(3)5-4;3*2-1-3;;;;2*1-2;/h1-9,11H;2*1-9,11H;1-2,4,6H,3,5,7H2;2*1-2,5-6H,3-4,7-8H2;2*1-6,9H;2*1-3H2;4H,(H,2,3);;;;1H4;;;1-2H;;/q;;;;;;;;;;;;;;;;+1;;;-1. The van der Waals surface area contributed by atoms with Gasteiger partial charge in [0.25, 0.3) is 0 Å². The molecule has 23 nitrogen and oxygen atoms in total. The average molecular weight is 1780 g/mol. The summed E-state index contributed by atoms with van der Waals surface area (Å²) in [4.78, 5) is 115. The second kappa shape index (κ2) is 61.3. The number of ketones is 1. The molecule has 10 aromatic rings. The molecule has 28 heteroatoms. The normalized spacial score (nSPS) is 17.9. The van der Waals surface area contributed by atoms with E-state index < -0.39 is 16.0 Å². The van der Waals surface area contributed by atoms with Crippen LogP contribution >= 0.6 is 23.5 Å². The maximum absolute atomic E-state index is 12.1. The zero-order valence-corrected chi connectivity index (χ0v) is 72.7. The van der Waals surface area contributed by atoms with Crippen molar-refractivity contribution in [3.8, 4) is 0 Å². The van der Waals surface area contributed by atoms with Crippen LogP contribution in [-0.4, -0.2) is 111 Å². The van der Waals surface area contributed by atoms with Gasteiger partial charge in [-0.15, -0.1) is 23.5 Å². The molecule has 6 unspecified atom stereocenters. The smallest absolute Gasteiger partial charge is 1.00 e. The van der Waals surface area contributed by atoms with Gasteiger partial charge in [0.2, 0.25) is 0 Å². The van der Waals surface area contributed by atoms with E-state index >= 15 is 0 Å². The molecular formula is C95H99MnN2NaO21S3. The minimum Gasteiger partial charge on any atom is -1.00 e. The number of aromatic amines is 2. The molecule has 6 atom stereocenters. The fourth-order valence-corrected chi connectivity index (χ4v) is 18.9. The molecule has 7 heterocycles. The molecule has 2 fully saturated rings. The molecule has 1 radical (unpaired) electrons. The van der Waals surface area contributed by atoms with E-state index in [9.17, 15) is 22.8 Å². The number of carbonyl (C=O) groups excluding carboxylic acids is 9. The Balaban J connectivity index is 0.000000459. The van der Waals surface area contributed by atoms with Crippen molar-refractivity contribution in [1.82, 2.24) is 9.97 Å². The first-order valence-electron chi connectivity index (χ1n) is 38.5. The van der Waals surface area contributed by atoms with Gasteiger partial charge in [-0.25, -0.2) is 13.2 Å². The van der Waals surface area contributed by atoms with E-state index in [1.165, 1.54) is 99.7 Å². The van der Waals surface area contributed by atoms with Crippen LogP contribution in [0.4, 0.5) is 4.79 Å². The molecule has 6 aliphatic carbocycles. The zero-order chi connectivity index (χ0) is 86.5. The largest absolute Gasteiger partial charge is 1.00 e. The first kappa shape index (κ1) is 106. The predicted octanol–water partition coefficient (Wildman–Crippen LogP) is 17.4. The summed E-state index contributed by atoms with van der Waals surface area (Å²) in [7, 11) is -3.14. The molecule has 123 heavy (non-hydrogen) atoms. The maximum atomic E-state index is 12.1. The summed E-state index contributed by atoms with van der Waals surface area (Å²) < 4.78 is 33.3. The number of fused-ring (bicyclic) bond motifs is 14. The molecule has 2 aromatic heterocycles. The van der Waals surface area contributed by atoms with Crippen LogP contribution in [0, 0.1) is 9.93 Å². The summed E-state index contributed by atoms with van der Waals surface area (Å²) in [6, 6.07) is 70.8. The van der Waals surface area contributed by atoms with Crippen molar-refractivity contribution >= 4 is 97.5 Å². The number of hydrogen-bond acceptors (Lipinski definition) is 22. The number of para-hydroxylation sites is 2. The van der Waals surface area contributed by atoms with E-state index in [1.54, 1.807) is 40.5 Å². The first-order valence-corrected chi connectivity index (χ1v) is 41.8. The van der Waals surface area contributed by atoms with Crippen molar-refractivity contribution in [3.63, 3.8) is 0 Å². The number of carboxylic acid groups (broad SMARTS) is 1. The summed E-state index contributed by atoms with van der Waals surface area (Å²) >= 11 is 3.96. The Morgan fingerprint density at radius 3 is 1.13 bits per heavy atom. The van der Waals surface area contributed by atoms with Gasteiger partial charge in [0.1, 0.15) is 0 Å². The number of aryl methyl sites for hydroxylation is 5. The molecule has 6 N–H and O–H groups in total. The summed E-state index contributed by atoms with van der Waals surface area (Å²) in [5.74, 6) is 1.46. The number of ether oxygens (including phenoxy) is 2. The summed E-state index contributed by atoms with van der Waals surface area (Å²) in [6.07, 6.45) is 44.9. The van der Waals surface area contributed by atoms with Crippen molar-refractivity contribution in [1.29, 1.82) is 0 Å². The number of Topliss-reactive ketones (excluding diaryl/α,β-unsaturated/α-hetero) is 1.